The van der Waals surface area contributed by atoms with Gasteiger partial charge in [0.05, 0.1) is 17.7 Å². The largest absolute Gasteiger partial charge is 0.495 e. The number of aryl methyl sites for hydroxylation is 2. The van der Waals surface area contributed by atoms with Crippen LogP contribution in [-0.4, -0.2) is 50.9 Å². The minimum atomic E-state index is -4.31. The van der Waals surface area contributed by atoms with Crippen molar-refractivity contribution in [2.45, 2.75) is 75.9 Å². The Bertz CT molecular complexity index is 1830. The molecule has 1 aliphatic rings. The van der Waals surface area contributed by atoms with Crippen LogP contribution in [-0.2, 0) is 32.6 Å². The van der Waals surface area contributed by atoms with Crippen LogP contribution in [0, 0.1) is 13.8 Å². The molecule has 1 atom stereocenters. The first-order valence-electron chi connectivity index (χ1n) is 16.7. The molecule has 1 N–H and O–H groups in total. The molecule has 0 radical (unpaired) electrons. The second-order valence-electron chi connectivity index (χ2n) is 12.7. The van der Waals surface area contributed by atoms with Crippen LogP contribution in [0.25, 0.3) is 0 Å². The number of halogens is 1. The summed E-state index contributed by atoms with van der Waals surface area (Å²) in [6.07, 6.45) is 5.22. The van der Waals surface area contributed by atoms with E-state index >= 15 is 0 Å². The maximum atomic E-state index is 14.8. The van der Waals surface area contributed by atoms with E-state index in [1.54, 1.807) is 24.3 Å². The molecule has 8 nitrogen and oxygen atoms in total. The van der Waals surface area contributed by atoms with Gasteiger partial charge in [-0.3, -0.25) is 13.9 Å². The summed E-state index contributed by atoms with van der Waals surface area (Å²) < 4.78 is 35.4. The van der Waals surface area contributed by atoms with Gasteiger partial charge in [0, 0.05) is 24.0 Å². The molecule has 49 heavy (non-hydrogen) atoms. The number of benzene rings is 4. The topological polar surface area (TPSA) is 96.0 Å². The molecule has 0 spiro atoms. The molecule has 0 aromatic heterocycles. The Morgan fingerprint density at radius 1 is 0.857 bits per heavy atom. The van der Waals surface area contributed by atoms with Crippen LogP contribution >= 0.6 is 11.6 Å². The van der Waals surface area contributed by atoms with Crippen molar-refractivity contribution < 1.29 is 22.7 Å². The van der Waals surface area contributed by atoms with E-state index in [0.717, 1.165) is 58.7 Å². The highest BCUT2D eigenvalue weighted by molar-refractivity contribution is 7.92. The van der Waals surface area contributed by atoms with E-state index < -0.39 is 28.5 Å². The Morgan fingerprint density at radius 3 is 2.12 bits per heavy atom. The molecular formula is C39H44ClN3O5S. The number of carbonyl (C=O) groups is 2. The molecule has 0 heterocycles. The van der Waals surface area contributed by atoms with Crippen LogP contribution in [0.5, 0.6) is 5.75 Å². The number of sulfonamides is 1. The summed E-state index contributed by atoms with van der Waals surface area (Å²) in [7, 11) is -2.88. The molecule has 4 aromatic rings. The quantitative estimate of drug-likeness (QED) is 0.159. The van der Waals surface area contributed by atoms with E-state index in [9.17, 15) is 18.0 Å². The van der Waals surface area contributed by atoms with Gasteiger partial charge in [0.2, 0.25) is 11.8 Å². The fourth-order valence-corrected chi connectivity index (χ4v) is 7.78. The van der Waals surface area contributed by atoms with Crippen molar-refractivity contribution in [1.82, 2.24) is 10.2 Å². The molecule has 0 saturated heterocycles. The predicted octanol–water partition coefficient (Wildman–Crippen LogP) is 7.25. The predicted molar refractivity (Wildman–Crippen MR) is 194 cm³/mol. The van der Waals surface area contributed by atoms with E-state index in [1.807, 2.05) is 68.4 Å². The molecule has 1 saturated carbocycles. The van der Waals surface area contributed by atoms with Gasteiger partial charge in [-0.2, -0.15) is 0 Å². The van der Waals surface area contributed by atoms with Gasteiger partial charge in [-0.15, -0.1) is 0 Å². The maximum absolute atomic E-state index is 14.8. The molecule has 4 aromatic carbocycles. The second kappa shape index (κ2) is 16.4. The number of amides is 2. The standard InChI is InChI=1S/C39H44ClN3O5S/c1-28-14-18-31(19-15-28)26-42(36(24-30-10-6-4-7-11-30)39(45)41-33-12-8-5-9-13-33)38(44)27-43(35-25-32(40)20-23-37(35)48-3)49(46,47)34-21-16-29(2)17-22-34/h4,6-7,10-11,14-23,25,33,36H,5,8-9,12-13,24,26-27H2,1-3H3,(H,41,45). The highest BCUT2D eigenvalue weighted by atomic mass is 35.5. The van der Waals surface area contributed by atoms with Crippen LogP contribution in [0.4, 0.5) is 5.69 Å². The Hall–Kier alpha value is -4.34. The van der Waals surface area contributed by atoms with E-state index in [4.69, 9.17) is 16.3 Å². The zero-order valence-electron chi connectivity index (χ0n) is 28.3. The third kappa shape index (κ3) is 9.22. The number of hydrogen-bond acceptors (Lipinski definition) is 5. The Morgan fingerprint density at radius 2 is 1.49 bits per heavy atom. The Labute approximate surface area is 295 Å². The van der Waals surface area contributed by atoms with Crippen LogP contribution in [0.2, 0.25) is 5.02 Å². The molecule has 1 aliphatic carbocycles. The number of nitrogens with zero attached hydrogens (tertiary/aromatic N) is 2. The number of ether oxygens (including phenoxy) is 1. The summed E-state index contributed by atoms with van der Waals surface area (Å²) in [6.45, 7) is 3.35. The molecule has 1 unspecified atom stereocenters. The first kappa shape index (κ1) is 36.0. The third-order valence-electron chi connectivity index (χ3n) is 8.99. The van der Waals surface area contributed by atoms with Crippen molar-refractivity contribution in [3.8, 4) is 5.75 Å². The highest BCUT2D eigenvalue weighted by Gasteiger charge is 2.36. The lowest BCUT2D eigenvalue weighted by atomic mass is 9.94. The van der Waals surface area contributed by atoms with Gasteiger partial charge >= 0.3 is 0 Å². The molecule has 1 fully saturated rings. The van der Waals surface area contributed by atoms with Crippen LogP contribution in [0.3, 0.4) is 0 Å². The monoisotopic (exact) mass is 701 g/mol. The van der Waals surface area contributed by atoms with Gasteiger partial charge in [0.25, 0.3) is 10.0 Å². The number of carbonyl (C=O) groups excluding carboxylic acids is 2. The van der Waals surface area contributed by atoms with Crippen molar-refractivity contribution in [1.29, 1.82) is 0 Å². The van der Waals surface area contributed by atoms with E-state index in [-0.39, 0.29) is 46.3 Å². The molecule has 0 bridgehead atoms. The summed E-state index contributed by atoms with van der Waals surface area (Å²) in [5, 5.41) is 3.52. The number of methoxy groups -OCH3 is 1. The summed E-state index contributed by atoms with van der Waals surface area (Å²) in [5.74, 6) is -0.573. The average Bonchev–Trinajstić information content (AvgIpc) is 3.10. The summed E-state index contributed by atoms with van der Waals surface area (Å²) in [6, 6.07) is 27.5. The van der Waals surface area contributed by atoms with Gasteiger partial charge < -0.3 is 15.0 Å². The SMILES string of the molecule is COc1ccc(Cl)cc1N(CC(=O)N(Cc1ccc(C)cc1)C(Cc1ccccc1)C(=O)NC1CCCCC1)S(=O)(=O)c1ccc(C)cc1. The van der Waals surface area contributed by atoms with Crippen molar-refractivity contribution in [2.75, 3.05) is 18.0 Å². The van der Waals surface area contributed by atoms with Gasteiger partial charge in [0.1, 0.15) is 18.3 Å². The fraction of sp³-hybridized carbons (Fsp3) is 0.333. The maximum Gasteiger partial charge on any atom is 0.264 e. The first-order chi connectivity index (χ1) is 23.5. The first-order valence-corrected chi connectivity index (χ1v) is 18.5. The number of nitrogens with one attached hydrogen (secondary N) is 1. The van der Waals surface area contributed by atoms with Crippen molar-refractivity contribution in [3.05, 3.63) is 124 Å². The van der Waals surface area contributed by atoms with Crippen LogP contribution < -0.4 is 14.4 Å². The Balaban J connectivity index is 1.60. The number of hydrogen-bond donors (Lipinski definition) is 1. The van der Waals surface area contributed by atoms with Crippen molar-refractivity contribution >= 4 is 39.1 Å². The average molecular weight is 702 g/mol. The second-order valence-corrected chi connectivity index (χ2v) is 15.0. The van der Waals surface area contributed by atoms with E-state index in [1.165, 1.54) is 30.2 Å². The summed E-state index contributed by atoms with van der Waals surface area (Å²) >= 11 is 6.40. The molecule has 2 amide bonds. The minimum Gasteiger partial charge on any atom is -0.495 e. The van der Waals surface area contributed by atoms with E-state index in [2.05, 4.69) is 5.32 Å². The van der Waals surface area contributed by atoms with Gasteiger partial charge in [0.15, 0.2) is 0 Å². The Kier molecular flexibility index (Phi) is 12.0. The van der Waals surface area contributed by atoms with Crippen LogP contribution in [0.1, 0.15) is 54.4 Å². The van der Waals surface area contributed by atoms with Crippen molar-refractivity contribution in [3.63, 3.8) is 0 Å². The molecule has 0 aliphatic heterocycles. The van der Waals surface area contributed by atoms with Crippen LogP contribution in [0.15, 0.2) is 102 Å². The lowest BCUT2D eigenvalue weighted by Gasteiger charge is -2.35. The molecule has 258 valence electrons. The van der Waals surface area contributed by atoms with Gasteiger partial charge in [-0.25, -0.2) is 8.42 Å². The van der Waals surface area contributed by atoms with E-state index in [0.29, 0.717) is 0 Å². The third-order valence-corrected chi connectivity index (χ3v) is 11.0. The summed E-state index contributed by atoms with van der Waals surface area (Å²) in [5.41, 5.74) is 3.76. The zero-order chi connectivity index (χ0) is 35.0. The number of anilines is 1. The fourth-order valence-electron chi connectivity index (χ4n) is 6.20. The molecular weight excluding hydrogens is 658 g/mol. The molecule has 10 heteroatoms. The summed E-state index contributed by atoms with van der Waals surface area (Å²) in [4.78, 5) is 30.6. The lowest BCUT2D eigenvalue weighted by molar-refractivity contribution is -0.140. The smallest absolute Gasteiger partial charge is 0.264 e. The minimum absolute atomic E-state index is 0.00823. The zero-order valence-corrected chi connectivity index (χ0v) is 29.8. The van der Waals surface area contributed by atoms with Gasteiger partial charge in [-0.1, -0.05) is 109 Å². The number of rotatable bonds is 13. The van der Waals surface area contributed by atoms with Crippen molar-refractivity contribution in [2.24, 2.45) is 0 Å². The lowest BCUT2D eigenvalue weighted by Crippen LogP contribution is -2.55. The van der Waals surface area contributed by atoms with Gasteiger partial charge in [-0.05, 0) is 68.1 Å². The highest BCUT2D eigenvalue weighted by Crippen LogP contribution is 2.35. The normalized spacial score (nSPS) is 14.1. The molecule has 5 rings (SSSR count).